The Morgan fingerprint density at radius 2 is 1.50 bits per heavy atom. The second kappa shape index (κ2) is 6.97. The van der Waals surface area contributed by atoms with Crippen molar-refractivity contribution in [2.24, 2.45) is 0 Å². The molecule has 2 aromatic carbocycles. The quantitative estimate of drug-likeness (QED) is 0.812. The maximum Gasteiger partial charge on any atom is -0.00460 e. The van der Waals surface area contributed by atoms with Crippen molar-refractivity contribution in [1.29, 1.82) is 0 Å². The summed E-state index contributed by atoms with van der Waals surface area (Å²) in [5.41, 5.74) is 2.86. The van der Waals surface area contributed by atoms with Crippen LogP contribution in [-0.2, 0) is 6.42 Å². The topological polar surface area (TPSA) is 12.0 Å². The van der Waals surface area contributed by atoms with Crippen LogP contribution < -0.4 is 5.32 Å². The standard InChI is InChI=1S/C17H21N/c1-18-13-12-17(16-10-6-3-7-11-16)14-15-8-4-2-5-9-15/h2-11,17-18H,12-14H2,1H3. The lowest BCUT2D eigenvalue weighted by Gasteiger charge is -2.17. The first-order valence-corrected chi connectivity index (χ1v) is 6.63. The molecule has 2 aromatic rings. The Kier molecular flexibility index (Phi) is 4.98. The molecule has 94 valence electrons. The summed E-state index contributed by atoms with van der Waals surface area (Å²) in [6.45, 7) is 1.06. The third-order valence-corrected chi connectivity index (χ3v) is 3.34. The number of hydrogen-bond donors (Lipinski definition) is 1. The zero-order chi connectivity index (χ0) is 12.6. The van der Waals surface area contributed by atoms with Crippen LogP contribution in [-0.4, -0.2) is 13.6 Å². The molecule has 1 unspecified atom stereocenters. The maximum absolute atomic E-state index is 3.25. The van der Waals surface area contributed by atoms with Crippen molar-refractivity contribution in [1.82, 2.24) is 5.32 Å². The highest BCUT2D eigenvalue weighted by molar-refractivity contribution is 5.24. The van der Waals surface area contributed by atoms with E-state index in [4.69, 9.17) is 0 Å². The van der Waals surface area contributed by atoms with Gasteiger partial charge in [-0.05, 0) is 43.5 Å². The number of hydrogen-bond acceptors (Lipinski definition) is 1. The van der Waals surface area contributed by atoms with Crippen LogP contribution in [0.5, 0.6) is 0 Å². The molecule has 1 N–H and O–H groups in total. The zero-order valence-electron chi connectivity index (χ0n) is 11.0. The Hall–Kier alpha value is -1.60. The molecule has 1 nitrogen and oxygen atoms in total. The van der Waals surface area contributed by atoms with Gasteiger partial charge in [0.25, 0.3) is 0 Å². The summed E-state index contributed by atoms with van der Waals surface area (Å²) in [5, 5.41) is 3.25. The highest BCUT2D eigenvalue weighted by atomic mass is 14.8. The monoisotopic (exact) mass is 239 g/mol. The summed E-state index contributed by atoms with van der Waals surface area (Å²) in [7, 11) is 2.02. The average molecular weight is 239 g/mol. The first-order valence-electron chi connectivity index (χ1n) is 6.63. The van der Waals surface area contributed by atoms with Crippen LogP contribution in [0.2, 0.25) is 0 Å². The van der Waals surface area contributed by atoms with Gasteiger partial charge in [0.1, 0.15) is 0 Å². The molecule has 0 saturated carbocycles. The lowest BCUT2D eigenvalue weighted by atomic mass is 9.89. The Balaban J connectivity index is 2.10. The summed E-state index contributed by atoms with van der Waals surface area (Å²) in [6, 6.07) is 21.6. The molecule has 1 atom stereocenters. The van der Waals surface area contributed by atoms with Crippen molar-refractivity contribution in [3.63, 3.8) is 0 Å². The molecule has 0 aliphatic rings. The molecule has 0 aliphatic carbocycles. The van der Waals surface area contributed by atoms with E-state index in [2.05, 4.69) is 66.0 Å². The van der Waals surface area contributed by atoms with Crippen molar-refractivity contribution >= 4 is 0 Å². The molecule has 0 aromatic heterocycles. The van der Waals surface area contributed by atoms with Gasteiger partial charge in [-0.25, -0.2) is 0 Å². The van der Waals surface area contributed by atoms with Gasteiger partial charge in [0.05, 0.1) is 0 Å². The van der Waals surface area contributed by atoms with Crippen LogP contribution in [0, 0.1) is 0 Å². The van der Waals surface area contributed by atoms with Gasteiger partial charge >= 0.3 is 0 Å². The molecule has 0 fully saturated rings. The molecular formula is C17H21N. The average Bonchev–Trinajstić information content (AvgIpc) is 2.45. The molecule has 0 amide bonds. The van der Waals surface area contributed by atoms with Gasteiger partial charge in [-0.15, -0.1) is 0 Å². The zero-order valence-corrected chi connectivity index (χ0v) is 11.0. The Morgan fingerprint density at radius 3 is 2.11 bits per heavy atom. The fourth-order valence-electron chi connectivity index (χ4n) is 2.33. The van der Waals surface area contributed by atoms with E-state index in [1.807, 2.05) is 7.05 Å². The summed E-state index contributed by atoms with van der Waals surface area (Å²) in [4.78, 5) is 0. The highest BCUT2D eigenvalue weighted by Gasteiger charge is 2.11. The molecule has 0 radical (unpaired) electrons. The van der Waals surface area contributed by atoms with Gasteiger partial charge in [0.2, 0.25) is 0 Å². The largest absolute Gasteiger partial charge is 0.320 e. The summed E-state index contributed by atoms with van der Waals surface area (Å²) in [5.74, 6) is 0.598. The molecule has 0 spiro atoms. The van der Waals surface area contributed by atoms with Crippen molar-refractivity contribution in [2.45, 2.75) is 18.8 Å². The second-order valence-electron chi connectivity index (χ2n) is 4.69. The third-order valence-electron chi connectivity index (χ3n) is 3.34. The maximum atomic E-state index is 3.25. The lowest BCUT2D eigenvalue weighted by molar-refractivity contribution is 0.593. The van der Waals surface area contributed by atoms with Gasteiger partial charge in [-0.3, -0.25) is 0 Å². The molecule has 0 aliphatic heterocycles. The summed E-state index contributed by atoms with van der Waals surface area (Å²) in [6.07, 6.45) is 2.29. The Morgan fingerprint density at radius 1 is 0.889 bits per heavy atom. The van der Waals surface area contributed by atoms with E-state index in [0.717, 1.165) is 13.0 Å². The number of benzene rings is 2. The predicted octanol–water partition coefficient (Wildman–Crippen LogP) is 3.62. The molecule has 2 rings (SSSR count). The van der Waals surface area contributed by atoms with Crippen LogP contribution in [0.25, 0.3) is 0 Å². The lowest BCUT2D eigenvalue weighted by Crippen LogP contribution is -2.13. The van der Waals surface area contributed by atoms with E-state index in [1.165, 1.54) is 17.5 Å². The van der Waals surface area contributed by atoms with E-state index >= 15 is 0 Å². The van der Waals surface area contributed by atoms with Crippen molar-refractivity contribution in [3.8, 4) is 0 Å². The van der Waals surface area contributed by atoms with E-state index < -0.39 is 0 Å². The van der Waals surface area contributed by atoms with Crippen molar-refractivity contribution < 1.29 is 0 Å². The smallest absolute Gasteiger partial charge is 0.00460 e. The minimum absolute atomic E-state index is 0.598. The second-order valence-corrected chi connectivity index (χ2v) is 4.69. The normalized spacial score (nSPS) is 12.3. The van der Waals surface area contributed by atoms with Crippen LogP contribution in [0.15, 0.2) is 60.7 Å². The van der Waals surface area contributed by atoms with E-state index in [0.29, 0.717) is 5.92 Å². The third kappa shape index (κ3) is 3.71. The fourth-order valence-corrected chi connectivity index (χ4v) is 2.33. The van der Waals surface area contributed by atoms with Gasteiger partial charge in [-0.1, -0.05) is 60.7 Å². The van der Waals surface area contributed by atoms with Gasteiger partial charge in [-0.2, -0.15) is 0 Å². The van der Waals surface area contributed by atoms with E-state index in [-0.39, 0.29) is 0 Å². The summed E-state index contributed by atoms with van der Waals surface area (Å²) < 4.78 is 0. The molecule has 0 heterocycles. The highest BCUT2D eigenvalue weighted by Crippen LogP contribution is 2.23. The van der Waals surface area contributed by atoms with E-state index in [1.54, 1.807) is 0 Å². The first kappa shape index (κ1) is 12.8. The molecule has 0 saturated heterocycles. The summed E-state index contributed by atoms with van der Waals surface area (Å²) >= 11 is 0. The number of nitrogens with one attached hydrogen (secondary N) is 1. The first-order chi connectivity index (χ1) is 8.90. The van der Waals surface area contributed by atoms with Crippen LogP contribution in [0.3, 0.4) is 0 Å². The molecule has 0 bridgehead atoms. The molecular weight excluding hydrogens is 218 g/mol. The van der Waals surface area contributed by atoms with Crippen molar-refractivity contribution in [3.05, 3.63) is 71.8 Å². The Bertz CT molecular complexity index is 436. The van der Waals surface area contributed by atoms with E-state index in [9.17, 15) is 0 Å². The van der Waals surface area contributed by atoms with Gasteiger partial charge in [0.15, 0.2) is 0 Å². The van der Waals surface area contributed by atoms with Crippen LogP contribution >= 0.6 is 0 Å². The minimum atomic E-state index is 0.598. The predicted molar refractivity (Wildman–Crippen MR) is 77.9 cm³/mol. The van der Waals surface area contributed by atoms with Gasteiger partial charge in [0, 0.05) is 0 Å². The van der Waals surface area contributed by atoms with Gasteiger partial charge < -0.3 is 5.32 Å². The minimum Gasteiger partial charge on any atom is -0.320 e. The SMILES string of the molecule is CNCCC(Cc1ccccc1)c1ccccc1. The van der Waals surface area contributed by atoms with Crippen LogP contribution in [0.4, 0.5) is 0 Å². The molecule has 1 heteroatoms. The van der Waals surface area contributed by atoms with Crippen molar-refractivity contribution in [2.75, 3.05) is 13.6 Å². The number of rotatable bonds is 6. The fraction of sp³-hybridized carbons (Fsp3) is 0.294. The van der Waals surface area contributed by atoms with Crippen LogP contribution in [0.1, 0.15) is 23.5 Å². The Labute approximate surface area is 110 Å². The molecule has 18 heavy (non-hydrogen) atoms.